The predicted molar refractivity (Wildman–Crippen MR) is 131 cm³/mol. The Bertz CT molecular complexity index is 1260. The lowest BCUT2D eigenvalue weighted by Gasteiger charge is -2.10. The predicted octanol–water partition coefficient (Wildman–Crippen LogP) is 6.40. The van der Waals surface area contributed by atoms with Gasteiger partial charge in [-0.25, -0.2) is 8.42 Å². The highest BCUT2D eigenvalue weighted by Crippen LogP contribution is 2.24. The van der Waals surface area contributed by atoms with E-state index < -0.39 is 9.84 Å². The molecule has 0 amide bonds. The molecule has 0 bridgehead atoms. The topological polar surface area (TPSA) is 58.2 Å². The molecule has 32 heavy (non-hydrogen) atoms. The summed E-state index contributed by atoms with van der Waals surface area (Å²) in [6.07, 6.45) is 0. The zero-order valence-corrected chi connectivity index (χ0v) is 18.9. The summed E-state index contributed by atoms with van der Waals surface area (Å²) in [5.41, 5.74) is 3.97. The average Bonchev–Trinajstić information content (AvgIpc) is 2.83. The molecule has 0 aliphatic carbocycles. The first-order valence-electron chi connectivity index (χ1n) is 10.2. The Morgan fingerprint density at radius 1 is 0.562 bits per heavy atom. The van der Waals surface area contributed by atoms with Gasteiger partial charge in [-0.1, -0.05) is 54.1 Å². The highest BCUT2D eigenvalue weighted by atomic mass is 35.5. The summed E-state index contributed by atoms with van der Waals surface area (Å²) >= 11 is 5.91. The van der Waals surface area contributed by atoms with Crippen LogP contribution in [0.15, 0.2) is 113 Å². The van der Waals surface area contributed by atoms with Crippen molar-refractivity contribution in [3.63, 3.8) is 0 Å². The van der Waals surface area contributed by atoms with E-state index in [9.17, 15) is 8.42 Å². The van der Waals surface area contributed by atoms with Gasteiger partial charge >= 0.3 is 0 Å². The van der Waals surface area contributed by atoms with Gasteiger partial charge in [0.05, 0.1) is 9.79 Å². The number of sulfone groups is 1. The molecule has 0 saturated heterocycles. The van der Waals surface area contributed by atoms with Crippen LogP contribution >= 0.6 is 11.6 Å². The van der Waals surface area contributed by atoms with Crippen LogP contribution in [0.25, 0.3) is 0 Å². The van der Waals surface area contributed by atoms with E-state index in [1.807, 2.05) is 54.6 Å². The van der Waals surface area contributed by atoms with E-state index >= 15 is 0 Å². The van der Waals surface area contributed by atoms with Crippen molar-refractivity contribution in [1.82, 2.24) is 0 Å². The average molecular weight is 463 g/mol. The van der Waals surface area contributed by atoms with Gasteiger partial charge in [0, 0.05) is 29.5 Å². The molecule has 2 N–H and O–H groups in total. The second kappa shape index (κ2) is 9.90. The van der Waals surface area contributed by atoms with Crippen LogP contribution in [-0.2, 0) is 22.9 Å². The van der Waals surface area contributed by atoms with E-state index in [1.165, 1.54) is 0 Å². The normalized spacial score (nSPS) is 11.2. The molecule has 0 unspecified atom stereocenters. The van der Waals surface area contributed by atoms with E-state index in [0.717, 1.165) is 22.5 Å². The van der Waals surface area contributed by atoms with E-state index in [4.69, 9.17) is 11.6 Å². The van der Waals surface area contributed by atoms with Crippen molar-refractivity contribution >= 4 is 32.8 Å². The minimum Gasteiger partial charge on any atom is -0.381 e. The molecule has 4 aromatic rings. The van der Waals surface area contributed by atoms with Gasteiger partial charge < -0.3 is 10.6 Å². The molecule has 6 heteroatoms. The fourth-order valence-electron chi connectivity index (χ4n) is 3.25. The maximum atomic E-state index is 13.0. The van der Waals surface area contributed by atoms with Crippen molar-refractivity contribution in [3.8, 4) is 0 Å². The SMILES string of the molecule is O=S(=O)(c1ccc(NCc2ccccc2)cc1)c1ccc(NCc2ccc(Cl)cc2)cc1. The molecule has 0 saturated carbocycles. The van der Waals surface area contributed by atoms with E-state index in [-0.39, 0.29) is 9.79 Å². The summed E-state index contributed by atoms with van der Waals surface area (Å²) in [4.78, 5) is 0.532. The number of benzene rings is 4. The summed E-state index contributed by atoms with van der Waals surface area (Å²) < 4.78 is 26.0. The molecule has 0 spiro atoms. The molecule has 0 fully saturated rings. The van der Waals surface area contributed by atoms with Gasteiger partial charge in [0.1, 0.15) is 0 Å². The molecule has 4 rings (SSSR count). The lowest BCUT2D eigenvalue weighted by Crippen LogP contribution is -2.04. The zero-order chi connectivity index (χ0) is 22.4. The summed E-state index contributed by atoms with van der Waals surface area (Å²) in [6.45, 7) is 1.30. The van der Waals surface area contributed by atoms with Gasteiger partial charge in [-0.15, -0.1) is 0 Å². The van der Waals surface area contributed by atoms with Crippen molar-refractivity contribution in [2.24, 2.45) is 0 Å². The zero-order valence-electron chi connectivity index (χ0n) is 17.3. The summed E-state index contributed by atoms with van der Waals surface area (Å²) in [6, 6.07) is 31.3. The monoisotopic (exact) mass is 462 g/mol. The Kier molecular flexibility index (Phi) is 6.78. The number of hydrogen-bond donors (Lipinski definition) is 2. The van der Waals surface area contributed by atoms with Crippen molar-refractivity contribution < 1.29 is 8.42 Å². The maximum Gasteiger partial charge on any atom is 0.206 e. The van der Waals surface area contributed by atoms with Crippen LogP contribution in [0.2, 0.25) is 5.02 Å². The first-order valence-corrected chi connectivity index (χ1v) is 12.1. The largest absolute Gasteiger partial charge is 0.381 e. The molecule has 0 radical (unpaired) electrons. The molecular weight excluding hydrogens is 440 g/mol. The fourth-order valence-corrected chi connectivity index (χ4v) is 4.63. The minimum atomic E-state index is -3.58. The molecular formula is C26H23ClN2O2S. The molecule has 4 aromatic carbocycles. The second-order valence-corrected chi connectivity index (χ2v) is 9.76. The second-order valence-electron chi connectivity index (χ2n) is 7.37. The van der Waals surface area contributed by atoms with Gasteiger partial charge in [0.25, 0.3) is 0 Å². The van der Waals surface area contributed by atoms with Gasteiger partial charge in [-0.05, 0) is 71.8 Å². The van der Waals surface area contributed by atoms with E-state index in [2.05, 4.69) is 10.6 Å². The van der Waals surface area contributed by atoms with E-state index in [1.54, 1.807) is 48.5 Å². The highest BCUT2D eigenvalue weighted by Gasteiger charge is 2.17. The van der Waals surface area contributed by atoms with Gasteiger partial charge in [-0.3, -0.25) is 0 Å². The Morgan fingerprint density at radius 3 is 1.47 bits per heavy atom. The van der Waals surface area contributed by atoms with Crippen LogP contribution in [0.3, 0.4) is 0 Å². The lowest BCUT2D eigenvalue weighted by molar-refractivity contribution is 0.596. The van der Waals surface area contributed by atoms with Crippen LogP contribution in [0.4, 0.5) is 11.4 Å². The van der Waals surface area contributed by atoms with Gasteiger partial charge in [0.2, 0.25) is 9.84 Å². The van der Waals surface area contributed by atoms with Crippen LogP contribution < -0.4 is 10.6 Å². The third-order valence-corrected chi connectivity index (χ3v) is 7.12. The number of halogens is 1. The summed E-state index contributed by atoms with van der Waals surface area (Å²) in [5, 5.41) is 7.29. The van der Waals surface area contributed by atoms with Gasteiger partial charge in [0.15, 0.2) is 0 Å². The Hall–Kier alpha value is -3.28. The molecule has 0 heterocycles. The maximum absolute atomic E-state index is 13.0. The van der Waals surface area contributed by atoms with Crippen molar-refractivity contribution in [1.29, 1.82) is 0 Å². The van der Waals surface area contributed by atoms with E-state index in [0.29, 0.717) is 18.1 Å². The van der Waals surface area contributed by atoms with Crippen molar-refractivity contribution in [2.75, 3.05) is 10.6 Å². The molecule has 4 nitrogen and oxygen atoms in total. The Balaban J connectivity index is 1.39. The first kappa shape index (κ1) is 21.9. The van der Waals surface area contributed by atoms with Crippen LogP contribution in [-0.4, -0.2) is 8.42 Å². The standard InChI is InChI=1S/C26H23ClN2O2S/c27-22-8-6-21(7-9-22)19-29-24-12-16-26(17-13-24)32(30,31)25-14-10-23(11-15-25)28-18-20-4-2-1-3-5-20/h1-17,28-29H,18-19H2. The Morgan fingerprint density at radius 2 is 1.00 bits per heavy atom. The van der Waals surface area contributed by atoms with Crippen LogP contribution in [0.1, 0.15) is 11.1 Å². The lowest BCUT2D eigenvalue weighted by atomic mass is 10.2. The van der Waals surface area contributed by atoms with Crippen LogP contribution in [0.5, 0.6) is 0 Å². The third-order valence-electron chi connectivity index (χ3n) is 5.08. The third kappa shape index (κ3) is 5.49. The minimum absolute atomic E-state index is 0.263. The number of nitrogens with one attached hydrogen (secondary N) is 2. The molecule has 0 aliphatic rings. The molecule has 0 aromatic heterocycles. The Labute approximate surface area is 193 Å². The summed E-state index contributed by atoms with van der Waals surface area (Å²) in [5.74, 6) is 0. The number of hydrogen-bond acceptors (Lipinski definition) is 4. The van der Waals surface area contributed by atoms with Crippen molar-refractivity contribution in [3.05, 3.63) is 119 Å². The van der Waals surface area contributed by atoms with Gasteiger partial charge in [-0.2, -0.15) is 0 Å². The fraction of sp³-hybridized carbons (Fsp3) is 0.0769. The quantitative estimate of drug-likeness (QED) is 0.318. The highest BCUT2D eigenvalue weighted by molar-refractivity contribution is 7.91. The number of anilines is 2. The smallest absolute Gasteiger partial charge is 0.206 e. The first-order chi connectivity index (χ1) is 15.5. The molecule has 0 atom stereocenters. The molecule has 0 aliphatic heterocycles. The summed E-state index contributed by atoms with van der Waals surface area (Å²) in [7, 11) is -3.58. The van der Waals surface area contributed by atoms with Crippen molar-refractivity contribution in [2.45, 2.75) is 22.9 Å². The van der Waals surface area contributed by atoms with Crippen LogP contribution in [0, 0.1) is 0 Å². The number of rotatable bonds is 8. The molecule has 162 valence electrons.